The summed E-state index contributed by atoms with van der Waals surface area (Å²) in [4.78, 5) is 19.4. The summed E-state index contributed by atoms with van der Waals surface area (Å²) in [5, 5.41) is 4.04. The van der Waals surface area contributed by atoms with Crippen molar-refractivity contribution >= 4 is 32.6 Å². The quantitative estimate of drug-likeness (QED) is 0.384. The third-order valence-electron chi connectivity index (χ3n) is 7.19. The molecule has 1 aliphatic carbocycles. The van der Waals surface area contributed by atoms with Crippen molar-refractivity contribution in [2.24, 2.45) is 10.9 Å². The number of benzene rings is 1. The van der Waals surface area contributed by atoms with E-state index in [0.29, 0.717) is 15.7 Å². The smallest absolute Gasteiger partial charge is 0.258 e. The van der Waals surface area contributed by atoms with Gasteiger partial charge in [0.1, 0.15) is 5.04 Å². The lowest BCUT2D eigenvalue weighted by Gasteiger charge is -2.24. The molecule has 1 N–H and O–H groups in total. The van der Waals surface area contributed by atoms with Crippen LogP contribution in [0.25, 0.3) is 0 Å². The highest BCUT2D eigenvalue weighted by atomic mass is 32.2. The number of hydrogen-bond acceptors (Lipinski definition) is 5. The number of carbonyl (C=O) groups excluding carboxylic acids is 1. The summed E-state index contributed by atoms with van der Waals surface area (Å²) in [6.45, 7) is 11.9. The van der Waals surface area contributed by atoms with Crippen LogP contribution in [0.1, 0.15) is 91.7 Å². The second-order valence-corrected chi connectivity index (χ2v) is 13.1. The molecule has 1 atom stereocenters. The fourth-order valence-corrected chi connectivity index (χ4v) is 7.06. The molecular weight excluding hydrogens is 488 g/mol. The molecule has 0 bridgehead atoms. The molecule has 1 amide bonds. The zero-order valence-electron chi connectivity index (χ0n) is 22.5. The van der Waals surface area contributed by atoms with E-state index >= 15 is 0 Å². The number of nitrogens with one attached hydrogen (secondary N) is 1. The molecule has 1 saturated carbocycles. The van der Waals surface area contributed by atoms with Gasteiger partial charge in [0.2, 0.25) is 0 Å². The van der Waals surface area contributed by atoms with Gasteiger partial charge in [0.15, 0.2) is 9.84 Å². The summed E-state index contributed by atoms with van der Waals surface area (Å²) in [6, 6.07) is 6.54. The molecule has 5 nitrogen and oxygen atoms in total. The van der Waals surface area contributed by atoms with Crippen LogP contribution in [0.3, 0.4) is 0 Å². The van der Waals surface area contributed by atoms with Crippen LogP contribution in [0, 0.1) is 5.92 Å². The second-order valence-electron chi connectivity index (χ2n) is 9.79. The molecule has 0 spiro atoms. The van der Waals surface area contributed by atoms with E-state index in [1.165, 1.54) is 49.4 Å². The summed E-state index contributed by atoms with van der Waals surface area (Å²) in [5.41, 5.74) is 5.33. The molecule has 196 valence electrons. The molecule has 7 heteroatoms. The van der Waals surface area contributed by atoms with Crippen LogP contribution in [0.4, 0.5) is 0 Å². The minimum absolute atomic E-state index is 0.0657. The first-order valence-electron chi connectivity index (χ1n) is 13.1. The molecule has 36 heavy (non-hydrogen) atoms. The maximum Gasteiger partial charge on any atom is 0.258 e. The fraction of sp³-hybridized carbons (Fsp3) is 0.517. The van der Waals surface area contributed by atoms with Gasteiger partial charge in [-0.15, -0.1) is 0 Å². The van der Waals surface area contributed by atoms with Crippen molar-refractivity contribution in [2.45, 2.75) is 91.0 Å². The zero-order chi connectivity index (χ0) is 26.5. The van der Waals surface area contributed by atoms with Gasteiger partial charge in [-0.25, -0.2) is 13.4 Å². The van der Waals surface area contributed by atoms with Crippen molar-refractivity contribution in [1.82, 2.24) is 5.32 Å². The van der Waals surface area contributed by atoms with Gasteiger partial charge < -0.3 is 5.32 Å². The monoisotopic (exact) mass is 528 g/mol. The lowest BCUT2D eigenvalue weighted by Crippen LogP contribution is -2.27. The van der Waals surface area contributed by atoms with E-state index < -0.39 is 9.84 Å². The second kappa shape index (κ2) is 12.4. The van der Waals surface area contributed by atoms with Crippen LogP contribution in [-0.4, -0.2) is 25.1 Å². The Balaban J connectivity index is 1.88. The molecule has 0 radical (unpaired) electrons. The molecule has 3 rings (SSSR count). The number of hydrogen-bond donors (Lipinski definition) is 1. The molecule has 1 aliphatic heterocycles. The van der Waals surface area contributed by atoms with Gasteiger partial charge in [0.05, 0.1) is 21.6 Å². The van der Waals surface area contributed by atoms with E-state index in [0.717, 1.165) is 33.9 Å². The van der Waals surface area contributed by atoms with Crippen molar-refractivity contribution in [3.63, 3.8) is 0 Å². The molecule has 1 heterocycles. The Kier molecular flexibility index (Phi) is 9.81. The van der Waals surface area contributed by atoms with Crippen LogP contribution >= 0.6 is 11.8 Å². The summed E-state index contributed by atoms with van der Waals surface area (Å²) in [7, 11) is -3.25. The summed E-state index contributed by atoms with van der Waals surface area (Å²) < 4.78 is 24.2. The van der Waals surface area contributed by atoms with Gasteiger partial charge >= 0.3 is 0 Å². The van der Waals surface area contributed by atoms with Crippen molar-refractivity contribution in [3.05, 3.63) is 63.2 Å². The number of carbonyl (C=O) groups is 1. The van der Waals surface area contributed by atoms with Crippen molar-refractivity contribution < 1.29 is 13.2 Å². The Labute approximate surface area is 221 Å². The number of thioether (sulfide) groups is 1. The highest BCUT2D eigenvalue weighted by Crippen LogP contribution is 2.43. The van der Waals surface area contributed by atoms with Gasteiger partial charge in [-0.3, -0.25) is 4.79 Å². The largest absolute Gasteiger partial charge is 0.345 e. The summed E-state index contributed by atoms with van der Waals surface area (Å²) >= 11 is 1.47. The van der Waals surface area contributed by atoms with Gasteiger partial charge in [0.25, 0.3) is 5.91 Å². The average Bonchev–Trinajstić information content (AvgIpc) is 3.19. The molecular formula is C29H40N2O3S2. The van der Waals surface area contributed by atoms with Crippen molar-refractivity contribution in [1.29, 1.82) is 0 Å². The van der Waals surface area contributed by atoms with E-state index in [4.69, 9.17) is 4.99 Å². The SMILES string of the molecule is CC/C=C(C)/N=C1\SC(C(=O)NC(C)c2ccc(S(=O)(=O)CC)cc2)=C(C)\C1=C(\C)C1CCCCC1. The molecule has 0 saturated heterocycles. The molecule has 2 aliphatic rings. The van der Waals surface area contributed by atoms with Crippen LogP contribution in [0.15, 0.2) is 67.6 Å². The van der Waals surface area contributed by atoms with Crippen LogP contribution in [0.5, 0.6) is 0 Å². The third kappa shape index (κ3) is 6.60. The Morgan fingerprint density at radius 2 is 1.78 bits per heavy atom. The highest BCUT2D eigenvalue weighted by Gasteiger charge is 2.32. The third-order valence-corrected chi connectivity index (χ3v) is 10.1. The summed E-state index contributed by atoms with van der Waals surface area (Å²) in [5.74, 6) is 0.492. The summed E-state index contributed by atoms with van der Waals surface area (Å²) in [6.07, 6.45) is 9.26. The minimum Gasteiger partial charge on any atom is -0.345 e. The van der Waals surface area contributed by atoms with Crippen LogP contribution in [-0.2, 0) is 14.6 Å². The van der Waals surface area contributed by atoms with Crippen molar-refractivity contribution in [3.8, 4) is 0 Å². The number of amides is 1. The first-order valence-corrected chi connectivity index (χ1v) is 15.5. The maximum atomic E-state index is 13.4. The topological polar surface area (TPSA) is 75.6 Å². The Morgan fingerprint density at radius 1 is 1.14 bits per heavy atom. The normalized spacial score (nSPS) is 21.2. The lowest BCUT2D eigenvalue weighted by atomic mass is 9.81. The number of aliphatic imine (C=N–C) groups is 1. The van der Waals surface area contributed by atoms with Gasteiger partial charge in [0, 0.05) is 11.3 Å². The van der Waals surface area contributed by atoms with E-state index in [2.05, 4.69) is 25.2 Å². The first kappa shape index (κ1) is 28.5. The average molecular weight is 529 g/mol. The van der Waals surface area contributed by atoms with E-state index in [9.17, 15) is 13.2 Å². The van der Waals surface area contributed by atoms with Gasteiger partial charge in [-0.05, 0) is 76.1 Å². The molecule has 0 aromatic heterocycles. The number of nitrogens with zero attached hydrogens (tertiary/aromatic N) is 1. The highest BCUT2D eigenvalue weighted by molar-refractivity contribution is 8.19. The van der Waals surface area contributed by atoms with E-state index in [-0.39, 0.29) is 17.7 Å². The standard InChI is InChI=1S/C29H40N2O3S2/c1-7-12-19(3)30-29-26(20(4)23-13-10-9-11-14-23)21(5)27(35-29)28(32)31-22(6)24-15-17-25(18-16-24)36(33,34)8-2/h12,15-18,22-23H,7-11,13-14H2,1-6H3,(H,31,32)/b19-12+,26-20+,30-29-. The van der Waals surface area contributed by atoms with E-state index in [1.54, 1.807) is 31.2 Å². The predicted octanol–water partition coefficient (Wildman–Crippen LogP) is 7.29. The van der Waals surface area contributed by atoms with Gasteiger partial charge in [-0.1, -0.05) is 68.7 Å². The molecule has 1 fully saturated rings. The van der Waals surface area contributed by atoms with E-state index in [1.807, 2.05) is 20.8 Å². The van der Waals surface area contributed by atoms with Crippen LogP contribution in [0.2, 0.25) is 0 Å². The fourth-order valence-electron chi connectivity index (χ4n) is 4.97. The zero-order valence-corrected chi connectivity index (χ0v) is 24.1. The Morgan fingerprint density at radius 3 is 2.36 bits per heavy atom. The first-order chi connectivity index (χ1) is 17.1. The lowest BCUT2D eigenvalue weighted by molar-refractivity contribution is -0.117. The Bertz CT molecular complexity index is 1200. The number of rotatable bonds is 8. The van der Waals surface area contributed by atoms with Crippen molar-refractivity contribution in [2.75, 3.05) is 5.75 Å². The molecule has 1 aromatic rings. The minimum atomic E-state index is -3.25. The van der Waals surface area contributed by atoms with Gasteiger partial charge in [-0.2, -0.15) is 0 Å². The van der Waals surface area contributed by atoms with Crippen LogP contribution < -0.4 is 5.32 Å². The molecule has 1 aromatic carbocycles. The predicted molar refractivity (Wildman–Crippen MR) is 152 cm³/mol. The number of allylic oxidation sites excluding steroid dienone is 4. The number of sulfone groups is 1. The Hall–Kier alpha value is -2.12. The maximum absolute atomic E-state index is 13.4. The molecule has 1 unspecified atom stereocenters.